The number of aliphatic carboxylic acids is 1. The molecule has 0 unspecified atom stereocenters. The fourth-order valence-corrected chi connectivity index (χ4v) is 2.22. The summed E-state index contributed by atoms with van der Waals surface area (Å²) in [6.45, 7) is 4.00. The lowest BCUT2D eigenvalue weighted by atomic mass is 10.1. The van der Waals surface area contributed by atoms with Crippen molar-refractivity contribution in [1.29, 1.82) is 0 Å². The van der Waals surface area contributed by atoms with Crippen molar-refractivity contribution >= 4 is 23.3 Å². The molecule has 18 heavy (non-hydrogen) atoms. The zero-order valence-corrected chi connectivity index (χ0v) is 11.5. The molecule has 0 aliphatic heterocycles. The normalized spacial score (nSPS) is 12.2. The molecule has 2 N–H and O–H groups in total. The van der Waals surface area contributed by atoms with Crippen LogP contribution in [0.5, 0.6) is 0 Å². The Kier molecular flexibility index (Phi) is 5.15. The Balaban J connectivity index is 2.56. The Bertz CT molecular complexity index is 403. The quantitative estimate of drug-likeness (QED) is 0.859. The molecule has 1 atom stereocenters. The second-order valence-corrected chi connectivity index (χ2v) is 5.48. The molecule has 5 nitrogen and oxygen atoms in total. The Hall–Kier alpha value is -1.56. The minimum Gasteiger partial charge on any atom is -0.480 e. The van der Waals surface area contributed by atoms with E-state index in [1.165, 1.54) is 4.90 Å². The van der Waals surface area contributed by atoms with Crippen LogP contribution in [0.3, 0.4) is 0 Å². The van der Waals surface area contributed by atoms with Crippen LogP contribution in [0.1, 0.15) is 18.7 Å². The lowest BCUT2D eigenvalue weighted by Gasteiger charge is -2.22. The number of nitrogens with zero attached hydrogens (tertiary/aromatic N) is 1. The molecule has 1 aromatic rings. The van der Waals surface area contributed by atoms with Crippen LogP contribution < -0.4 is 5.32 Å². The van der Waals surface area contributed by atoms with Crippen molar-refractivity contribution in [3.63, 3.8) is 0 Å². The van der Waals surface area contributed by atoms with E-state index in [1.807, 2.05) is 17.5 Å². The third kappa shape index (κ3) is 4.03. The van der Waals surface area contributed by atoms with E-state index >= 15 is 0 Å². The third-order valence-corrected chi connectivity index (χ3v) is 3.39. The minimum absolute atomic E-state index is 0.151. The monoisotopic (exact) mass is 270 g/mol. The average molecular weight is 270 g/mol. The third-order valence-electron chi connectivity index (χ3n) is 2.53. The summed E-state index contributed by atoms with van der Waals surface area (Å²) in [6, 6.07) is 2.62. The molecule has 0 aromatic carbocycles. The lowest BCUT2D eigenvalue weighted by Crippen LogP contribution is -2.48. The van der Waals surface area contributed by atoms with Crippen LogP contribution in [-0.2, 0) is 11.3 Å². The van der Waals surface area contributed by atoms with E-state index in [1.54, 1.807) is 32.2 Å². The molecule has 0 aliphatic rings. The van der Waals surface area contributed by atoms with E-state index in [4.69, 9.17) is 5.11 Å². The van der Waals surface area contributed by atoms with E-state index in [0.717, 1.165) is 4.88 Å². The number of hydrogen-bond acceptors (Lipinski definition) is 3. The topological polar surface area (TPSA) is 69.6 Å². The summed E-state index contributed by atoms with van der Waals surface area (Å²) in [5.74, 6) is -1.16. The van der Waals surface area contributed by atoms with Gasteiger partial charge < -0.3 is 15.3 Å². The highest BCUT2D eigenvalue weighted by atomic mass is 32.1. The molecule has 0 aliphatic carbocycles. The zero-order chi connectivity index (χ0) is 13.7. The molecule has 0 saturated heterocycles. The summed E-state index contributed by atoms with van der Waals surface area (Å²) in [7, 11) is 1.65. The maximum absolute atomic E-state index is 11.8. The fraction of sp³-hybridized carbons (Fsp3) is 0.500. The Morgan fingerprint density at radius 1 is 1.50 bits per heavy atom. The van der Waals surface area contributed by atoms with Crippen LogP contribution in [0.25, 0.3) is 0 Å². The molecule has 1 heterocycles. The molecule has 0 fully saturated rings. The van der Waals surface area contributed by atoms with Crippen molar-refractivity contribution in [2.75, 3.05) is 7.05 Å². The van der Waals surface area contributed by atoms with Crippen molar-refractivity contribution in [2.24, 2.45) is 5.92 Å². The Morgan fingerprint density at radius 2 is 2.17 bits per heavy atom. The second-order valence-electron chi connectivity index (χ2n) is 4.44. The highest BCUT2D eigenvalue weighted by molar-refractivity contribution is 7.09. The molecule has 100 valence electrons. The predicted octanol–water partition coefficient (Wildman–Crippen LogP) is 2.00. The first-order chi connectivity index (χ1) is 8.41. The SMILES string of the molecule is CC(C)[C@H](NC(=O)N(C)Cc1cccs1)C(=O)O. The Morgan fingerprint density at radius 3 is 2.61 bits per heavy atom. The minimum atomic E-state index is -1.01. The Labute approximate surface area is 110 Å². The summed E-state index contributed by atoms with van der Waals surface area (Å²) < 4.78 is 0. The van der Waals surface area contributed by atoms with Crippen LogP contribution in [0.4, 0.5) is 4.79 Å². The zero-order valence-electron chi connectivity index (χ0n) is 10.7. The van der Waals surface area contributed by atoms with Gasteiger partial charge in [-0.1, -0.05) is 19.9 Å². The first-order valence-electron chi connectivity index (χ1n) is 5.68. The maximum atomic E-state index is 11.8. The van der Waals surface area contributed by atoms with Crippen LogP contribution in [0.15, 0.2) is 17.5 Å². The number of thiophene rings is 1. The highest BCUT2D eigenvalue weighted by Gasteiger charge is 2.24. The van der Waals surface area contributed by atoms with Gasteiger partial charge in [0.2, 0.25) is 0 Å². The van der Waals surface area contributed by atoms with Gasteiger partial charge in [-0.25, -0.2) is 9.59 Å². The molecule has 0 radical (unpaired) electrons. The predicted molar refractivity (Wildman–Crippen MR) is 70.6 cm³/mol. The number of urea groups is 1. The van der Waals surface area contributed by atoms with Crippen molar-refractivity contribution in [2.45, 2.75) is 26.4 Å². The number of carbonyl (C=O) groups is 2. The number of rotatable bonds is 5. The summed E-state index contributed by atoms with van der Waals surface area (Å²) in [5.41, 5.74) is 0. The van der Waals surface area contributed by atoms with E-state index < -0.39 is 12.0 Å². The molecular formula is C12H18N2O3S. The number of hydrogen-bond donors (Lipinski definition) is 2. The summed E-state index contributed by atoms with van der Waals surface area (Å²) in [5, 5.41) is 13.5. The van der Waals surface area contributed by atoms with Crippen LogP contribution in [-0.4, -0.2) is 35.1 Å². The average Bonchev–Trinajstić information content (AvgIpc) is 2.77. The first-order valence-corrected chi connectivity index (χ1v) is 6.56. The summed E-state index contributed by atoms with van der Waals surface area (Å²) >= 11 is 1.56. The van der Waals surface area contributed by atoms with Gasteiger partial charge in [0.25, 0.3) is 0 Å². The van der Waals surface area contributed by atoms with Gasteiger partial charge in [-0.15, -0.1) is 11.3 Å². The summed E-state index contributed by atoms with van der Waals surface area (Å²) in [6.07, 6.45) is 0. The molecule has 2 amide bonds. The molecule has 0 spiro atoms. The van der Waals surface area contributed by atoms with Crippen LogP contribution >= 0.6 is 11.3 Å². The van der Waals surface area contributed by atoms with Gasteiger partial charge in [-0.3, -0.25) is 0 Å². The number of carboxylic acids is 1. The van der Waals surface area contributed by atoms with Crippen molar-refractivity contribution in [3.8, 4) is 0 Å². The molecule has 0 saturated carbocycles. The first kappa shape index (κ1) is 14.5. The van der Waals surface area contributed by atoms with Gasteiger partial charge in [0.05, 0.1) is 6.54 Å². The van der Waals surface area contributed by atoms with Gasteiger partial charge in [0.1, 0.15) is 6.04 Å². The molecule has 0 bridgehead atoms. The lowest BCUT2D eigenvalue weighted by molar-refractivity contribution is -0.140. The van der Waals surface area contributed by atoms with Crippen molar-refractivity contribution in [1.82, 2.24) is 10.2 Å². The van der Waals surface area contributed by atoms with Crippen molar-refractivity contribution in [3.05, 3.63) is 22.4 Å². The van der Waals surface area contributed by atoms with E-state index in [2.05, 4.69) is 5.32 Å². The standard InChI is InChI=1S/C12H18N2O3S/c1-8(2)10(11(15)16)13-12(17)14(3)7-9-5-4-6-18-9/h4-6,8,10H,7H2,1-3H3,(H,13,17)(H,15,16)/t10-/m0/s1. The molecule has 1 rings (SSSR count). The molecule has 6 heteroatoms. The van der Waals surface area contributed by atoms with Gasteiger partial charge in [-0.2, -0.15) is 0 Å². The second kappa shape index (κ2) is 6.39. The number of carboxylic acid groups (broad SMARTS) is 1. The highest BCUT2D eigenvalue weighted by Crippen LogP contribution is 2.11. The van der Waals surface area contributed by atoms with E-state index in [9.17, 15) is 9.59 Å². The van der Waals surface area contributed by atoms with Crippen LogP contribution in [0.2, 0.25) is 0 Å². The van der Waals surface area contributed by atoms with Gasteiger partial charge >= 0.3 is 12.0 Å². The number of amides is 2. The molecular weight excluding hydrogens is 252 g/mol. The van der Waals surface area contributed by atoms with Gasteiger partial charge in [-0.05, 0) is 17.4 Å². The summed E-state index contributed by atoms with van der Waals surface area (Å²) in [4.78, 5) is 25.4. The van der Waals surface area contributed by atoms with Crippen LogP contribution in [0, 0.1) is 5.92 Å². The maximum Gasteiger partial charge on any atom is 0.326 e. The number of nitrogens with one attached hydrogen (secondary N) is 1. The fourth-order valence-electron chi connectivity index (χ4n) is 1.46. The number of carbonyl (C=O) groups excluding carboxylic acids is 1. The largest absolute Gasteiger partial charge is 0.480 e. The smallest absolute Gasteiger partial charge is 0.326 e. The van der Waals surface area contributed by atoms with Gasteiger partial charge in [0.15, 0.2) is 0 Å². The van der Waals surface area contributed by atoms with Gasteiger partial charge in [0, 0.05) is 11.9 Å². The van der Waals surface area contributed by atoms with E-state index in [-0.39, 0.29) is 11.9 Å². The van der Waals surface area contributed by atoms with Crippen molar-refractivity contribution < 1.29 is 14.7 Å². The van der Waals surface area contributed by atoms with E-state index in [0.29, 0.717) is 6.54 Å². The molecule has 1 aromatic heterocycles.